The van der Waals surface area contributed by atoms with Gasteiger partial charge in [-0.1, -0.05) is 60.1 Å². The Labute approximate surface area is 150 Å². The zero-order valence-corrected chi connectivity index (χ0v) is 14.0. The number of fused-ring (bicyclic) bond motifs is 1. The van der Waals surface area contributed by atoms with E-state index in [1.807, 2.05) is 48.5 Å². The fraction of sp³-hybridized carbons (Fsp3) is 0.0476. The molecule has 1 aliphatic heterocycles. The Bertz CT molecular complexity index is 927. The monoisotopic (exact) mass is 347 g/mol. The second-order valence-corrected chi connectivity index (χ2v) is 6.38. The average molecular weight is 348 g/mol. The first-order chi connectivity index (χ1) is 12.1. The molecule has 4 rings (SSSR count). The highest BCUT2D eigenvalue weighted by Gasteiger charge is 2.34. The van der Waals surface area contributed by atoms with E-state index in [1.165, 1.54) is 4.90 Å². The fourth-order valence-electron chi connectivity index (χ4n) is 3.01. The number of hydrogen-bond acceptors (Lipinski definition) is 2. The van der Waals surface area contributed by atoms with E-state index in [-0.39, 0.29) is 18.4 Å². The number of amides is 2. The number of rotatable bonds is 3. The van der Waals surface area contributed by atoms with Crippen LogP contribution in [-0.4, -0.2) is 16.7 Å². The van der Waals surface area contributed by atoms with Crippen LogP contribution in [0, 0.1) is 0 Å². The van der Waals surface area contributed by atoms with Gasteiger partial charge in [0.1, 0.15) is 0 Å². The summed E-state index contributed by atoms with van der Waals surface area (Å²) in [6, 6.07) is 22.4. The fourth-order valence-corrected chi connectivity index (χ4v) is 3.14. The third-order valence-electron chi connectivity index (χ3n) is 4.35. The van der Waals surface area contributed by atoms with Crippen molar-refractivity contribution in [3.8, 4) is 11.1 Å². The molecule has 0 saturated carbocycles. The lowest BCUT2D eigenvalue weighted by atomic mass is 10.0. The molecule has 3 aromatic carbocycles. The molecule has 0 radical (unpaired) electrons. The molecule has 122 valence electrons. The molecule has 0 bridgehead atoms. The van der Waals surface area contributed by atoms with Crippen molar-refractivity contribution in [1.82, 2.24) is 4.90 Å². The number of carbonyl (C=O) groups excluding carboxylic acids is 2. The predicted molar refractivity (Wildman–Crippen MR) is 97.5 cm³/mol. The summed E-state index contributed by atoms with van der Waals surface area (Å²) >= 11 is 5.92. The highest BCUT2D eigenvalue weighted by atomic mass is 35.5. The Morgan fingerprint density at radius 2 is 1.16 bits per heavy atom. The molecule has 2 amide bonds. The summed E-state index contributed by atoms with van der Waals surface area (Å²) in [6.07, 6.45) is 0. The summed E-state index contributed by atoms with van der Waals surface area (Å²) in [5.41, 5.74) is 3.99. The van der Waals surface area contributed by atoms with Crippen LogP contribution in [0.3, 0.4) is 0 Å². The molecule has 3 nitrogen and oxygen atoms in total. The maximum atomic E-state index is 12.4. The number of carbonyl (C=O) groups is 2. The van der Waals surface area contributed by atoms with Gasteiger partial charge in [0.15, 0.2) is 0 Å². The van der Waals surface area contributed by atoms with Gasteiger partial charge in [-0.3, -0.25) is 14.5 Å². The Morgan fingerprint density at radius 3 is 1.68 bits per heavy atom. The lowest BCUT2D eigenvalue weighted by molar-refractivity contribution is 0.0642. The smallest absolute Gasteiger partial charge is 0.261 e. The zero-order valence-electron chi connectivity index (χ0n) is 13.3. The van der Waals surface area contributed by atoms with Crippen LogP contribution in [-0.2, 0) is 6.54 Å². The van der Waals surface area contributed by atoms with E-state index in [0.717, 1.165) is 16.7 Å². The van der Waals surface area contributed by atoms with Crippen molar-refractivity contribution < 1.29 is 9.59 Å². The SMILES string of the molecule is O=C1c2ccccc2C(=O)N1Cc1ccc(-c2ccc(Cl)cc2)cc1. The molecule has 0 unspecified atom stereocenters. The number of nitrogens with zero attached hydrogens (tertiary/aromatic N) is 1. The van der Waals surface area contributed by atoms with E-state index >= 15 is 0 Å². The highest BCUT2D eigenvalue weighted by Crippen LogP contribution is 2.26. The Kier molecular flexibility index (Phi) is 3.86. The minimum absolute atomic E-state index is 0.234. The molecular formula is C21H14ClNO2. The minimum Gasteiger partial charge on any atom is -0.270 e. The largest absolute Gasteiger partial charge is 0.270 e. The van der Waals surface area contributed by atoms with Crippen LogP contribution in [0.4, 0.5) is 0 Å². The van der Waals surface area contributed by atoms with Crippen molar-refractivity contribution in [2.75, 3.05) is 0 Å². The molecule has 0 aliphatic carbocycles. The number of imide groups is 1. The molecule has 3 aromatic rings. The van der Waals surface area contributed by atoms with Gasteiger partial charge in [0.05, 0.1) is 17.7 Å². The lowest BCUT2D eigenvalue weighted by Crippen LogP contribution is -2.29. The summed E-state index contributed by atoms with van der Waals surface area (Å²) < 4.78 is 0. The van der Waals surface area contributed by atoms with Crippen LogP contribution in [0.5, 0.6) is 0 Å². The van der Waals surface area contributed by atoms with E-state index in [1.54, 1.807) is 24.3 Å². The highest BCUT2D eigenvalue weighted by molar-refractivity contribution is 6.30. The van der Waals surface area contributed by atoms with Crippen LogP contribution in [0.1, 0.15) is 26.3 Å². The van der Waals surface area contributed by atoms with E-state index in [0.29, 0.717) is 16.1 Å². The van der Waals surface area contributed by atoms with Gasteiger partial charge in [-0.05, 0) is 41.0 Å². The van der Waals surface area contributed by atoms with E-state index in [9.17, 15) is 9.59 Å². The molecule has 1 aliphatic rings. The van der Waals surface area contributed by atoms with Gasteiger partial charge in [0, 0.05) is 5.02 Å². The van der Waals surface area contributed by atoms with Crippen molar-refractivity contribution in [1.29, 1.82) is 0 Å². The first kappa shape index (κ1) is 15.6. The van der Waals surface area contributed by atoms with Crippen molar-refractivity contribution in [2.45, 2.75) is 6.54 Å². The van der Waals surface area contributed by atoms with E-state index < -0.39 is 0 Å². The zero-order chi connectivity index (χ0) is 17.4. The van der Waals surface area contributed by atoms with Gasteiger partial charge in [0.25, 0.3) is 11.8 Å². The normalized spacial score (nSPS) is 13.2. The van der Waals surface area contributed by atoms with E-state index in [4.69, 9.17) is 11.6 Å². The summed E-state index contributed by atoms with van der Waals surface area (Å²) in [7, 11) is 0. The standard InChI is InChI=1S/C21H14ClNO2/c22-17-11-9-16(10-12-17)15-7-5-14(6-8-15)13-23-20(24)18-3-1-2-4-19(18)21(23)25/h1-12H,13H2. The summed E-state index contributed by atoms with van der Waals surface area (Å²) in [5.74, 6) is -0.468. The maximum absolute atomic E-state index is 12.4. The quantitative estimate of drug-likeness (QED) is 0.638. The molecule has 0 spiro atoms. The van der Waals surface area contributed by atoms with Crippen molar-refractivity contribution in [2.24, 2.45) is 0 Å². The number of hydrogen-bond donors (Lipinski definition) is 0. The topological polar surface area (TPSA) is 37.4 Å². The summed E-state index contributed by atoms with van der Waals surface area (Å²) in [5, 5.41) is 0.700. The van der Waals surface area contributed by atoms with Gasteiger partial charge < -0.3 is 0 Å². The molecule has 0 aromatic heterocycles. The average Bonchev–Trinajstić information content (AvgIpc) is 2.88. The van der Waals surface area contributed by atoms with Crippen LogP contribution in [0.2, 0.25) is 5.02 Å². The first-order valence-electron chi connectivity index (χ1n) is 7.93. The van der Waals surface area contributed by atoms with Gasteiger partial charge >= 0.3 is 0 Å². The van der Waals surface area contributed by atoms with Crippen LogP contribution in [0.25, 0.3) is 11.1 Å². The van der Waals surface area contributed by atoms with Crippen LogP contribution in [0.15, 0.2) is 72.8 Å². The molecule has 0 fully saturated rings. The van der Waals surface area contributed by atoms with Crippen LogP contribution < -0.4 is 0 Å². The maximum Gasteiger partial charge on any atom is 0.261 e. The van der Waals surface area contributed by atoms with Gasteiger partial charge in [-0.25, -0.2) is 0 Å². The second kappa shape index (κ2) is 6.19. The summed E-state index contributed by atoms with van der Waals surface area (Å²) in [6.45, 7) is 0.271. The number of halogens is 1. The minimum atomic E-state index is -0.234. The van der Waals surface area contributed by atoms with Crippen LogP contribution >= 0.6 is 11.6 Å². The van der Waals surface area contributed by atoms with Gasteiger partial charge in [-0.15, -0.1) is 0 Å². The molecule has 4 heteroatoms. The predicted octanol–water partition coefficient (Wildman–Crippen LogP) is 4.80. The first-order valence-corrected chi connectivity index (χ1v) is 8.31. The lowest BCUT2D eigenvalue weighted by Gasteiger charge is -2.14. The number of benzene rings is 3. The Balaban J connectivity index is 1.55. The molecule has 0 saturated heterocycles. The third-order valence-corrected chi connectivity index (χ3v) is 4.60. The van der Waals surface area contributed by atoms with Crippen molar-refractivity contribution in [3.63, 3.8) is 0 Å². The second-order valence-electron chi connectivity index (χ2n) is 5.95. The van der Waals surface area contributed by atoms with Crippen molar-refractivity contribution in [3.05, 3.63) is 94.5 Å². The molecule has 1 heterocycles. The molecular weight excluding hydrogens is 334 g/mol. The van der Waals surface area contributed by atoms with E-state index in [2.05, 4.69) is 0 Å². The molecule has 0 N–H and O–H groups in total. The Morgan fingerprint density at radius 1 is 0.680 bits per heavy atom. The molecule has 0 atom stereocenters. The van der Waals surface area contributed by atoms with Gasteiger partial charge in [0.2, 0.25) is 0 Å². The molecule has 25 heavy (non-hydrogen) atoms. The van der Waals surface area contributed by atoms with Crippen molar-refractivity contribution >= 4 is 23.4 Å². The summed E-state index contributed by atoms with van der Waals surface area (Å²) in [4.78, 5) is 26.1. The van der Waals surface area contributed by atoms with Gasteiger partial charge in [-0.2, -0.15) is 0 Å². The Hall–Kier alpha value is -2.91. The third kappa shape index (κ3) is 2.83.